The Morgan fingerprint density at radius 3 is 2.50 bits per heavy atom. The molecule has 1 aromatic carbocycles. The van der Waals surface area contributed by atoms with Crippen LogP contribution in [0.5, 0.6) is 5.75 Å². The van der Waals surface area contributed by atoms with E-state index in [4.69, 9.17) is 38.6 Å². The summed E-state index contributed by atoms with van der Waals surface area (Å²) in [6.45, 7) is 0.490. The van der Waals surface area contributed by atoms with Gasteiger partial charge in [0.2, 0.25) is 0 Å². The van der Waals surface area contributed by atoms with E-state index in [1.54, 1.807) is 11.8 Å². The monoisotopic (exact) mass is 348 g/mol. The van der Waals surface area contributed by atoms with Crippen molar-refractivity contribution in [1.82, 2.24) is 0 Å². The fourth-order valence-electron chi connectivity index (χ4n) is 1.20. The van der Waals surface area contributed by atoms with E-state index >= 15 is 0 Å². The molecule has 0 N–H and O–H groups in total. The van der Waals surface area contributed by atoms with Crippen LogP contribution in [0, 0.1) is 0 Å². The van der Waals surface area contributed by atoms with Gasteiger partial charge in [-0.25, -0.2) is 8.42 Å². The molecule has 102 valence electrons. The molecule has 0 heterocycles. The maximum atomic E-state index is 11.2. The number of halogens is 3. The largest absolute Gasteiger partial charge is 0.492 e. The van der Waals surface area contributed by atoms with Crippen LogP contribution in [0.25, 0.3) is 0 Å². The minimum Gasteiger partial charge on any atom is -0.492 e. The van der Waals surface area contributed by atoms with Crippen molar-refractivity contribution in [1.29, 1.82) is 0 Å². The second-order valence-electron chi connectivity index (χ2n) is 3.32. The summed E-state index contributed by atoms with van der Waals surface area (Å²) in [7, 11) is 1.31. The van der Waals surface area contributed by atoms with E-state index in [2.05, 4.69) is 0 Å². The molecule has 0 amide bonds. The quantitative estimate of drug-likeness (QED) is 0.574. The Bertz CT molecular complexity index is 517. The highest BCUT2D eigenvalue weighted by atomic mass is 35.7. The predicted octanol–water partition coefficient (Wildman–Crippen LogP) is 4.05. The number of thioether (sulfide) groups is 1. The van der Waals surface area contributed by atoms with Gasteiger partial charge in [-0.2, -0.15) is 11.8 Å². The summed E-state index contributed by atoms with van der Waals surface area (Å²) in [6, 6.07) is 2.73. The Morgan fingerprint density at radius 2 is 1.94 bits per heavy atom. The highest BCUT2D eigenvalue weighted by molar-refractivity contribution is 8.13. The second-order valence-corrected chi connectivity index (χ2v) is 7.60. The minimum absolute atomic E-state index is 0.0579. The number of ether oxygens (including phenoxy) is 1. The normalized spacial score (nSPS) is 11.6. The van der Waals surface area contributed by atoms with E-state index in [9.17, 15) is 8.42 Å². The molecule has 3 nitrogen and oxygen atoms in total. The second kappa shape index (κ2) is 7.10. The third-order valence-corrected chi connectivity index (χ3v) is 5.06. The van der Waals surface area contributed by atoms with Crippen LogP contribution in [0.4, 0.5) is 0 Å². The van der Waals surface area contributed by atoms with Gasteiger partial charge < -0.3 is 4.74 Å². The number of rotatable bonds is 6. The Morgan fingerprint density at radius 1 is 1.28 bits per heavy atom. The fourth-order valence-corrected chi connectivity index (χ4v) is 3.39. The summed E-state index contributed by atoms with van der Waals surface area (Å²) >= 11 is 13.5. The van der Waals surface area contributed by atoms with E-state index < -0.39 is 9.05 Å². The Balaban J connectivity index is 2.88. The number of hydrogen-bond acceptors (Lipinski definition) is 4. The van der Waals surface area contributed by atoms with E-state index in [1.807, 2.05) is 6.26 Å². The average molecular weight is 350 g/mol. The number of hydrogen-bond donors (Lipinski definition) is 0. The molecule has 1 aromatic rings. The molecule has 8 heteroatoms. The zero-order valence-corrected chi connectivity index (χ0v) is 13.4. The lowest BCUT2D eigenvalue weighted by Crippen LogP contribution is -2.00. The zero-order chi connectivity index (χ0) is 13.8. The molecule has 0 spiro atoms. The molecule has 0 aliphatic rings. The van der Waals surface area contributed by atoms with Crippen molar-refractivity contribution >= 4 is 54.7 Å². The average Bonchev–Trinajstić information content (AvgIpc) is 2.28. The Kier molecular flexibility index (Phi) is 6.41. The maximum Gasteiger partial charge on any atom is 0.262 e. The van der Waals surface area contributed by atoms with Crippen molar-refractivity contribution in [2.45, 2.75) is 11.3 Å². The molecule has 0 saturated heterocycles. The van der Waals surface area contributed by atoms with Gasteiger partial charge in [-0.05, 0) is 30.6 Å². The molecule has 18 heavy (non-hydrogen) atoms. The first kappa shape index (κ1) is 16.2. The third kappa shape index (κ3) is 4.38. The number of benzene rings is 1. The first-order valence-corrected chi connectivity index (χ1v) is 9.38. The van der Waals surface area contributed by atoms with Gasteiger partial charge in [0.25, 0.3) is 9.05 Å². The van der Waals surface area contributed by atoms with Crippen LogP contribution >= 0.6 is 45.6 Å². The van der Waals surface area contributed by atoms with Gasteiger partial charge in [-0.1, -0.05) is 23.2 Å². The smallest absolute Gasteiger partial charge is 0.262 e. The summed E-state index contributed by atoms with van der Waals surface area (Å²) < 4.78 is 27.8. The van der Waals surface area contributed by atoms with Crippen LogP contribution < -0.4 is 4.74 Å². The molecule has 0 unspecified atom stereocenters. The van der Waals surface area contributed by atoms with Crippen molar-refractivity contribution in [3.63, 3.8) is 0 Å². The molecule has 0 radical (unpaired) electrons. The van der Waals surface area contributed by atoms with Crippen molar-refractivity contribution in [3.8, 4) is 5.75 Å². The topological polar surface area (TPSA) is 43.4 Å². The highest BCUT2D eigenvalue weighted by Gasteiger charge is 2.19. The van der Waals surface area contributed by atoms with Crippen molar-refractivity contribution < 1.29 is 13.2 Å². The molecule has 0 bridgehead atoms. The van der Waals surface area contributed by atoms with Gasteiger partial charge in [0.05, 0.1) is 11.6 Å². The molecule has 1 rings (SSSR count). The molecule has 0 aromatic heterocycles. The Labute approximate surface area is 125 Å². The summed E-state index contributed by atoms with van der Waals surface area (Å²) in [5.74, 6) is 1.33. The molecular formula is C10H11Cl3O3S2. The lowest BCUT2D eigenvalue weighted by molar-refractivity contribution is 0.319. The van der Waals surface area contributed by atoms with Gasteiger partial charge in [-0.3, -0.25) is 0 Å². The van der Waals surface area contributed by atoms with Crippen molar-refractivity contribution in [2.75, 3.05) is 18.6 Å². The van der Waals surface area contributed by atoms with E-state index in [1.165, 1.54) is 12.1 Å². The molecule has 0 fully saturated rings. The molecule has 0 aliphatic heterocycles. The van der Waals surface area contributed by atoms with Crippen LogP contribution in [0.15, 0.2) is 17.0 Å². The summed E-state index contributed by atoms with van der Waals surface area (Å²) in [5.41, 5.74) is 0. The van der Waals surface area contributed by atoms with E-state index in [0.29, 0.717) is 12.4 Å². The minimum atomic E-state index is -3.90. The molecular weight excluding hydrogens is 339 g/mol. The van der Waals surface area contributed by atoms with Gasteiger partial charge in [0.15, 0.2) is 0 Å². The lowest BCUT2D eigenvalue weighted by atomic mass is 10.3. The maximum absolute atomic E-state index is 11.2. The SMILES string of the molecule is CSCCCOc1ccc(S(=O)(=O)Cl)c(Cl)c1Cl. The van der Waals surface area contributed by atoms with Crippen molar-refractivity contribution in [3.05, 3.63) is 22.2 Å². The van der Waals surface area contributed by atoms with Crippen LogP contribution in [0.3, 0.4) is 0 Å². The van der Waals surface area contributed by atoms with Gasteiger partial charge in [0, 0.05) is 10.7 Å². The van der Waals surface area contributed by atoms with Gasteiger partial charge in [0.1, 0.15) is 15.7 Å². The third-order valence-electron chi connectivity index (χ3n) is 2.02. The molecule has 0 saturated carbocycles. The first-order chi connectivity index (χ1) is 8.38. The van der Waals surface area contributed by atoms with Gasteiger partial charge >= 0.3 is 0 Å². The van der Waals surface area contributed by atoms with Crippen LogP contribution in [-0.2, 0) is 9.05 Å². The molecule has 0 atom stereocenters. The standard InChI is InChI=1S/C10H11Cl3O3S2/c1-17-6-2-5-16-7-3-4-8(18(13,14)15)10(12)9(7)11/h3-4H,2,5-6H2,1H3. The predicted molar refractivity (Wildman–Crippen MR) is 78.0 cm³/mol. The molecule has 0 aliphatic carbocycles. The van der Waals surface area contributed by atoms with E-state index in [-0.39, 0.29) is 14.9 Å². The highest BCUT2D eigenvalue weighted by Crippen LogP contribution is 2.37. The van der Waals surface area contributed by atoms with Crippen LogP contribution in [-0.4, -0.2) is 27.0 Å². The summed E-state index contributed by atoms with van der Waals surface area (Å²) in [4.78, 5) is -0.215. The fraction of sp³-hybridized carbons (Fsp3) is 0.400. The Hall–Kier alpha value is 0.190. The zero-order valence-electron chi connectivity index (χ0n) is 9.45. The summed E-state index contributed by atoms with van der Waals surface area (Å²) in [5, 5.41) is -0.0587. The van der Waals surface area contributed by atoms with E-state index in [0.717, 1.165) is 12.2 Å². The van der Waals surface area contributed by atoms with Gasteiger partial charge in [-0.15, -0.1) is 0 Å². The lowest BCUT2D eigenvalue weighted by Gasteiger charge is -2.10. The van der Waals surface area contributed by atoms with Crippen LogP contribution in [0.1, 0.15) is 6.42 Å². The first-order valence-electron chi connectivity index (χ1n) is 4.92. The summed E-state index contributed by atoms with van der Waals surface area (Å²) in [6.07, 6.45) is 2.87. The van der Waals surface area contributed by atoms with Crippen molar-refractivity contribution in [2.24, 2.45) is 0 Å². The van der Waals surface area contributed by atoms with Crippen LogP contribution in [0.2, 0.25) is 10.0 Å².